The number of thiazole rings is 1. The maximum Gasteiger partial charge on any atom is 0.338 e. The minimum atomic E-state index is -0.644. The number of fused-ring (bicyclic) bond motifs is 1. The number of carbonyl (C=O) groups is 2. The van der Waals surface area contributed by atoms with Gasteiger partial charge in [0.05, 0.1) is 29.0 Å². The zero-order valence-electron chi connectivity index (χ0n) is 17.7. The molecule has 4 rings (SSSR count). The monoisotopic (exact) mass is 448 g/mol. The van der Waals surface area contributed by atoms with Gasteiger partial charge in [0.15, 0.2) is 4.80 Å². The van der Waals surface area contributed by atoms with Crippen LogP contribution in [-0.4, -0.2) is 23.6 Å². The topological polar surface area (TPSA) is 87.0 Å². The predicted octanol–water partition coefficient (Wildman–Crippen LogP) is 2.33. The van der Waals surface area contributed by atoms with Crippen molar-refractivity contribution in [2.45, 2.75) is 19.9 Å². The van der Waals surface area contributed by atoms with Gasteiger partial charge in [-0.2, -0.15) is 0 Å². The van der Waals surface area contributed by atoms with Gasteiger partial charge in [-0.3, -0.25) is 14.2 Å². The van der Waals surface area contributed by atoms with Crippen LogP contribution in [0.25, 0.3) is 6.08 Å². The van der Waals surface area contributed by atoms with Crippen molar-refractivity contribution in [3.63, 3.8) is 0 Å². The van der Waals surface area contributed by atoms with Crippen molar-refractivity contribution in [1.82, 2.24) is 4.57 Å². The molecule has 8 heteroatoms. The summed E-state index contributed by atoms with van der Waals surface area (Å²) in [6, 6.07) is 15.6. The second-order valence-electron chi connectivity index (χ2n) is 7.15. The van der Waals surface area contributed by atoms with Gasteiger partial charge in [0.1, 0.15) is 5.75 Å². The minimum absolute atomic E-state index is 0.269. The Morgan fingerprint density at radius 1 is 1.12 bits per heavy atom. The smallest absolute Gasteiger partial charge is 0.338 e. The second-order valence-corrected chi connectivity index (χ2v) is 8.16. The van der Waals surface area contributed by atoms with Crippen molar-refractivity contribution < 1.29 is 19.1 Å². The van der Waals surface area contributed by atoms with Gasteiger partial charge in [-0.1, -0.05) is 53.8 Å². The van der Waals surface area contributed by atoms with Crippen LogP contribution in [0.1, 0.15) is 31.0 Å². The first-order chi connectivity index (χ1) is 15.4. The largest absolute Gasteiger partial charge is 0.466 e. The molecule has 2 heterocycles. The van der Waals surface area contributed by atoms with Crippen LogP contribution in [0.3, 0.4) is 0 Å². The highest BCUT2D eigenvalue weighted by Gasteiger charge is 2.32. The molecule has 1 aliphatic rings. The van der Waals surface area contributed by atoms with Crippen LogP contribution < -0.4 is 19.6 Å². The van der Waals surface area contributed by atoms with Crippen LogP contribution >= 0.6 is 11.3 Å². The van der Waals surface area contributed by atoms with E-state index in [1.807, 2.05) is 36.4 Å². The summed E-state index contributed by atoms with van der Waals surface area (Å²) in [5.74, 6) is -0.552. The van der Waals surface area contributed by atoms with Crippen molar-refractivity contribution in [2.75, 3.05) is 7.11 Å². The summed E-state index contributed by atoms with van der Waals surface area (Å²) in [5.41, 5.74) is 2.06. The Morgan fingerprint density at radius 3 is 2.56 bits per heavy atom. The maximum atomic E-state index is 13.4. The number of allylic oxidation sites excluding steroid dienone is 1. The van der Waals surface area contributed by atoms with E-state index in [1.165, 1.54) is 29.9 Å². The van der Waals surface area contributed by atoms with Crippen LogP contribution in [0.2, 0.25) is 0 Å². The van der Waals surface area contributed by atoms with Gasteiger partial charge in [-0.05, 0) is 36.3 Å². The molecule has 1 aliphatic heterocycles. The molecular formula is C24H20N2O5S. The molecule has 7 nitrogen and oxygen atoms in total. The molecule has 1 atom stereocenters. The number of benzene rings is 2. The van der Waals surface area contributed by atoms with Crippen molar-refractivity contribution in [1.29, 1.82) is 0 Å². The third-order valence-corrected chi connectivity index (χ3v) is 5.94. The molecule has 0 bridgehead atoms. The third-order valence-electron chi connectivity index (χ3n) is 4.96. The first-order valence-electron chi connectivity index (χ1n) is 9.83. The lowest BCUT2D eigenvalue weighted by Gasteiger charge is -2.24. The van der Waals surface area contributed by atoms with Crippen LogP contribution in [0, 0.1) is 0 Å². The van der Waals surface area contributed by atoms with Gasteiger partial charge in [0.25, 0.3) is 5.56 Å². The lowest BCUT2D eigenvalue weighted by Crippen LogP contribution is -2.39. The number of methoxy groups -OCH3 is 1. The molecule has 0 aliphatic carbocycles. The highest BCUT2D eigenvalue weighted by atomic mass is 32.1. The van der Waals surface area contributed by atoms with Gasteiger partial charge in [0.2, 0.25) is 0 Å². The Morgan fingerprint density at radius 2 is 1.88 bits per heavy atom. The van der Waals surface area contributed by atoms with Crippen molar-refractivity contribution in [2.24, 2.45) is 4.99 Å². The summed E-state index contributed by atoms with van der Waals surface area (Å²) in [5, 5.41) is 0. The van der Waals surface area contributed by atoms with Crippen LogP contribution in [0.4, 0.5) is 0 Å². The molecule has 0 radical (unpaired) electrons. The number of hydrogen-bond acceptors (Lipinski definition) is 7. The number of aromatic nitrogens is 1. The molecular weight excluding hydrogens is 428 g/mol. The number of ether oxygens (including phenoxy) is 2. The minimum Gasteiger partial charge on any atom is -0.466 e. The molecule has 2 aromatic carbocycles. The Hall–Kier alpha value is -3.78. The summed E-state index contributed by atoms with van der Waals surface area (Å²) in [6.45, 7) is 3.07. The molecule has 3 aromatic rings. The van der Waals surface area contributed by atoms with Crippen molar-refractivity contribution >= 4 is 29.4 Å². The average Bonchev–Trinajstić information content (AvgIpc) is 3.07. The fourth-order valence-corrected chi connectivity index (χ4v) is 4.68. The molecule has 0 fully saturated rings. The quantitative estimate of drug-likeness (QED) is 0.452. The number of esters is 2. The number of nitrogens with zero attached hydrogens (tertiary/aromatic N) is 2. The zero-order valence-corrected chi connectivity index (χ0v) is 18.5. The molecule has 1 unspecified atom stereocenters. The standard InChI is InChI=1S/C24H20N2O5S/c1-14-20(23(29)30-3)21(17-9-5-4-6-10-17)26-22(28)19(32-24(26)25-14)13-16-8-7-11-18(12-16)31-15(2)27/h4-13,21H,1-3H3/b19-13-. The molecule has 0 saturated carbocycles. The molecule has 0 saturated heterocycles. The highest BCUT2D eigenvalue weighted by molar-refractivity contribution is 7.07. The fraction of sp³-hybridized carbons (Fsp3) is 0.167. The van der Waals surface area contributed by atoms with E-state index < -0.39 is 18.0 Å². The lowest BCUT2D eigenvalue weighted by molar-refractivity contribution is -0.136. The van der Waals surface area contributed by atoms with Gasteiger partial charge in [0, 0.05) is 6.92 Å². The molecule has 0 N–H and O–H groups in total. The van der Waals surface area contributed by atoms with E-state index in [9.17, 15) is 14.4 Å². The number of rotatable bonds is 4. The molecule has 162 valence electrons. The molecule has 0 spiro atoms. The zero-order chi connectivity index (χ0) is 22.8. The van der Waals surface area contributed by atoms with E-state index >= 15 is 0 Å². The number of hydrogen-bond donors (Lipinski definition) is 0. The normalized spacial score (nSPS) is 15.7. The molecule has 0 amide bonds. The summed E-state index contributed by atoms with van der Waals surface area (Å²) >= 11 is 1.23. The van der Waals surface area contributed by atoms with E-state index in [0.717, 1.165) is 5.56 Å². The van der Waals surface area contributed by atoms with Gasteiger partial charge in [-0.25, -0.2) is 9.79 Å². The van der Waals surface area contributed by atoms with E-state index in [-0.39, 0.29) is 5.56 Å². The first-order valence-corrected chi connectivity index (χ1v) is 10.6. The van der Waals surface area contributed by atoms with E-state index in [0.29, 0.717) is 31.9 Å². The summed E-state index contributed by atoms with van der Waals surface area (Å²) in [7, 11) is 1.31. The van der Waals surface area contributed by atoms with Crippen molar-refractivity contribution in [3.05, 3.63) is 96.7 Å². The Balaban J connectivity index is 1.91. The van der Waals surface area contributed by atoms with Crippen LogP contribution in [-0.2, 0) is 14.3 Å². The van der Waals surface area contributed by atoms with Gasteiger partial charge < -0.3 is 9.47 Å². The van der Waals surface area contributed by atoms with Gasteiger partial charge >= 0.3 is 11.9 Å². The van der Waals surface area contributed by atoms with Gasteiger partial charge in [-0.15, -0.1) is 0 Å². The van der Waals surface area contributed by atoms with E-state index in [4.69, 9.17) is 9.47 Å². The first kappa shape index (κ1) is 21.5. The fourth-order valence-electron chi connectivity index (χ4n) is 3.63. The summed E-state index contributed by atoms with van der Waals surface area (Å²) in [4.78, 5) is 42.3. The number of carbonyl (C=O) groups excluding carboxylic acids is 2. The Bertz CT molecular complexity index is 1420. The summed E-state index contributed by atoms with van der Waals surface area (Å²) < 4.78 is 12.1. The second kappa shape index (κ2) is 8.76. The summed E-state index contributed by atoms with van der Waals surface area (Å²) in [6.07, 6.45) is 1.72. The average molecular weight is 449 g/mol. The Labute approximate surface area is 187 Å². The highest BCUT2D eigenvalue weighted by Crippen LogP contribution is 2.30. The lowest BCUT2D eigenvalue weighted by atomic mass is 9.96. The van der Waals surface area contributed by atoms with Crippen molar-refractivity contribution in [3.8, 4) is 5.75 Å². The molecule has 1 aromatic heterocycles. The SMILES string of the molecule is COC(=O)C1=C(C)N=c2s/c(=C\c3cccc(OC(C)=O)c3)c(=O)n2C1c1ccccc1. The predicted molar refractivity (Wildman–Crippen MR) is 120 cm³/mol. The molecule has 32 heavy (non-hydrogen) atoms. The van der Waals surface area contributed by atoms with E-state index in [1.54, 1.807) is 31.2 Å². The maximum absolute atomic E-state index is 13.4. The third kappa shape index (κ3) is 4.04. The van der Waals surface area contributed by atoms with Crippen LogP contribution in [0.5, 0.6) is 5.75 Å². The van der Waals surface area contributed by atoms with Crippen LogP contribution in [0.15, 0.2) is 75.7 Å². The van der Waals surface area contributed by atoms with E-state index in [2.05, 4.69) is 4.99 Å². The Kier molecular flexibility index (Phi) is 5.87.